The average Bonchev–Trinajstić information content (AvgIpc) is 2.76. The van der Waals surface area contributed by atoms with Crippen LogP contribution in [0.2, 0.25) is 10.0 Å². The minimum absolute atomic E-state index is 0. The lowest BCUT2D eigenvalue weighted by molar-refractivity contribution is 0.0913. The summed E-state index contributed by atoms with van der Waals surface area (Å²) in [6.07, 6.45) is 4.29. The number of hydrogen-bond donors (Lipinski definition) is 2. The normalized spacial score (nSPS) is 19.5. The molecule has 1 fully saturated rings. The molecule has 31 heavy (non-hydrogen) atoms. The van der Waals surface area contributed by atoms with Gasteiger partial charge in [-0.3, -0.25) is 4.79 Å². The third-order valence-corrected chi connectivity index (χ3v) is 6.76. The standard InChI is InChI=1S/C25H26Cl2N2O.ClH/c1-16(19-10-6-8-17-7-2-3-9-20(17)19)28-23-11-4-5-12-24(23)29-25(30)18-13-14-21(26)22(27)15-18;/h2-3,6-10,13-16,23-24,28H,4-5,11-12H2,1H3,(H,29,30);1H/t16-,23+,24+;/m1./s1. The number of benzene rings is 3. The van der Waals surface area contributed by atoms with Crippen LogP contribution in [0.1, 0.15) is 54.6 Å². The molecule has 3 aromatic carbocycles. The highest BCUT2D eigenvalue weighted by atomic mass is 35.5. The van der Waals surface area contributed by atoms with Crippen molar-refractivity contribution in [1.82, 2.24) is 10.6 Å². The molecule has 3 aromatic rings. The van der Waals surface area contributed by atoms with E-state index in [9.17, 15) is 4.79 Å². The molecular formula is C25H27Cl3N2O. The Morgan fingerprint density at radius 1 is 0.935 bits per heavy atom. The molecule has 0 aliphatic heterocycles. The van der Waals surface area contributed by atoms with E-state index in [1.54, 1.807) is 18.2 Å². The van der Waals surface area contributed by atoms with E-state index in [0.717, 1.165) is 19.3 Å². The topological polar surface area (TPSA) is 41.1 Å². The van der Waals surface area contributed by atoms with Crippen LogP contribution < -0.4 is 10.6 Å². The number of carbonyl (C=O) groups excluding carboxylic acids is 1. The molecule has 2 N–H and O–H groups in total. The van der Waals surface area contributed by atoms with Crippen molar-refractivity contribution in [1.29, 1.82) is 0 Å². The summed E-state index contributed by atoms with van der Waals surface area (Å²) in [5.41, 5.74) is 1.82. The van der Waals surface area contributed by atoms with E-state index in [1.165, 1.54) is 22.8 Å². The van der Waals surface area contributed by atoms with Gasteiger partial charge in [-0.15, -0.1) is 12.4 Å². The van der Waals surface area contributed by atoms with Crippen molar-refractivity contribution >= 4 is 52.3 Å². The van der Waals surface area contributed by atoms with Crippen molar-refractivity contribution in [2.45, 2.75) is 50.7 Å². The van der Waals surface area contributed by atoms with Gasteiger partial charge in [0.1, 0.15) is 0 Å². The first kappa shape index (κ1) is 23.9. The zero-order valence-corrected chi connectivity index (χ0v) is 19.7. The second kappa shape index (κ2) is 10.7. The molecule has 1 aliphatic carbocycles. The second-order valence-electron chi connectivity index (χ2n) is 8.06. The molecule has 3 atom stereocenters. The summed E-state index contributed by atoms with van der Waals surface area (Å²) in [5.74, 6) is -0.106. The molecule has 0 aromatic heterocycles. The number of halogens is 3. The second-order valence-corrected chi connectivity index (χ2v) is 8.87. The van der Waals surface area contributed by atoms with Gasteiger partial charge in [0.25, 0.3) is 5.91 Å². The highest BCUT2D eigenvalue weighted by molar-refractivity contribution is 6.42. The first-order chi connectivity index (χ1) is 14.5. The first-order valence-electron chi connectivity index (χ1n) is 10.5. The third-order valence-electron chi connectivity index (χ3n) is 6.02. The maximum atomic E-state index is 12.8. The number of carbonyl (C=O) groups is 1. The summed E-state index contributed by atoms with van der Waals surface area (Å²) < 4.78 is 0. The molecule has 4 rings (SSSR count). The lowest BCUT2D eigenvalue weighted by atomic mass is 9.88. The Hall–Kier alpha value is -1.78. The largest absolute Gasteiger partial charge is 0.348 e. The highest BCUT2D eigenvalue weighted by Crippen LogP contribution is 2.28. The minimum Gasteiger partial charge on any atom is -0.348 e. The zero-order valence-electron chi connectivity index (χ0n) is 17.4. The molecule has 0 bridgehead atoms. The summed E-state index contributed by atoms with van der Waals surface area (Å²) in [7, 11) is 0. The molecule has 0 spiro atoms. The molecule has 164 valence electrons. The summed E-state index contributed by atoms with van der Waals surface area (Å²) in [5, 5.41) is 10.4. The Morgan fingerprint density at radius 2 is 1.65 bits per heavy atom. The molecule has 0 unspecified atom stereocenters. The van der Waals surface area contributed by atoms with E-state index in [-0.39, 0.29) is 36.4 Å². The van der Waals surface area contributed by atoms with Crippen LogP contribution in [0.5, 0.6) is 0 Å². The summed E-state index contributed by atoms with van der Waals surface area (Å²) in [6, 6.07) is 20.4. The molecule has 0 radical (unpaired) electrons. The summed E-state index contributed by atoms with van der Waals surface area (Å²) in [4.78, 5) is 12.8. The van der Waals surface area contributed by atoms with Gasteiger partial charge in [0.05, 0.1) is 10.0 Å². The van der Waals surface area contributed by atoms with Crippen LogP contribution in [0.15, 0.2) is 60.7 Å². The Kier molecular flexibility index (Phi) is 8.23. The SMILES string of the molecule is C[C@@H](N[C@H]1CCCC[C@@H]1NC(=O)c1ccc(Cl)c(Cl)c1)c1cccc2ccccc12.Cl. The molecule has 0 saturated heterocycles. The number of rotatable bonds is 5. The van der Waals surface area contributed by atoms with Gasteiger partial charge in [-0.05, 0) is 54.3 Å². The fraction of sp³-hybridized carbons (Fsp3) is 0.320. The average molecular weight is 478 g/mol. The van der Waals surface area contributed by atoms with E-state index in [4.69, 9.17) is 23.2 Å². The molecule has 1 aliphatic rings. The van der Waals surface area contributed by atoms with E-state index in [2.05, 4.69) is 60.0 Å². The van der Waals surface area contributed by atoms with Gasteiger partial charge >= 0.3 is 0 Å². The predicted octanol–water partition coefficient (Wildman–Crippen LogP) is 6.96. The number of fused-ring (bicyclic) bond motifs is 1. The smallest absolute Gasteiger partial charge is 0.251 e. The highest BCUT2D eigenvalue weighted by Gasteiger charge is 2.28. The first-order valence-corrected chi connectivity index (χ1v) is 11.3. The maximum absolute atomic E-state index is 12.8. The third kappa shape index (κ3) is 5.53. The summed E-state index contributed by atoms with van der Waals surface area (Å²) >= 11 is 12.1. The molecule has 0 heterocycles. The predicted molar refractivity (Wildman–Crippen MR) is 133 cm³/mol. The Bertz CT molecular complexity index is 1050. The van der Waals surface area contributed by atoms with Gasteiger partial charge in [-0.2, -0.15) is 0 Å². The lowest BCUT2D eigenvalue weighted by Gasteiger charge is -2.35. The Morgan fingerprint density at radius 3 is 2.42 bits per heavy atom. The van der Waals surface area contributed by atoms with Crippen molar-refractivity contribution in [3.05, 3.63) is 81.8 Å². The number of hydrogen-bond acceptors (Lipinski definition) is 2. The van der Waals surface area contributed by atoms with Gasteiger partial charge in [-0.1, -0.05) is 78.5 Å². The van der Waals surface area contributed by atoms with Crippen LogP contribution in [0, 0.1) is 0 Å². The van der Waals surface area contributed by atoms with Gasteiger partial charge in [0.15, 0.2) is 0 Å². The number of amides is 1. The van der Waals surface area contributed by atoms with Crippen molar-refractivity contribution in [2.75, 3.05) is 0 Å². The quantitative estimate of drug-likeness (QED) is 0.417. The minimum atomic E-state index is -0.106. The van der Waals surface area contributed by atoms with E-state index < -0.39 is 0 Å². The maximum Gasteiger partial charge on any atom is 0.251 e. The molecule has 1 amide bonds. The van der Waals surface area contributed by atoms with E-state index in [1.807, 2.05) is 0 Å². The van der Waals surface area contributed by atoms with Gasteiger partial charge in [0.2, 0.25) is 0 Å². The molecular weight excluding hydrogens is 451 g/mol. The Labute approximate surface area is 199 Å². The molecule has 3 nitrogen and oxygen atoms in total. The van der Waals surface area contributed by atoms with Crippen LogP contribution >= 0.6 is 35.6 Å². The van der Waals surface area contributed by atoms with Gasteiger partial charge in [0, 0.05) is 23.7 Å². The van der Waals surface area contributed by atoms with Crippen LogP contribution in [0.3, 0.4) is 0 Å². The van der Waals surface area contributed by atoms with E-state index >= 15 is 0 Å². The zero-order chi connectivity index (χ0) is 21.1. The summed E-state index contributed by atoms with van der Waals surface area (Å²) in [6.45, 7) is 2.20. The fourth-order valence-electron chi connectivity index (χ4n) is 4.43. The van der Waals surface area contributed by atoms with Gasteiger partial charge < -0.3 is 10.6 Å². The molecule has 6 heteroatoms. The monoisotopic (exact) mass is 476 g/mol. The van der Waals surface area contributed by atoms with Crippen LogP contribution in [0.4, 0.5) is 0 Å². The van der Waals surface area contributed by atoms with E-state index in [0.29, 0.717) is 15.6 Å². The van der Waals surface area contributed by atoms with Crippen LogP contribution in [-0.4, -0.2) is 18.0 Å². The van der Waals surface area contributed by atoms with Crippen molar-refractivity contribution in [3.63, 3.8) is 0 Å². The number of nitrogens with one attached hydrogen (secondary N) is 2. The van der Waals surface area contributed by atoms with Crippen LogP contribution in [-0.2, 0) is 0 Å². The molecule has 1 saturated carbocycles. The van der Waals surface area contributed by atoms with Crippen molar-refractivity contribution in [2.24, 2.45) is 0 Å². The van der Waals surface area contributed by atoms with Crippen LogP contribution in [0.25, 0.3) is 10.8 Å². The van der Waals surface area contributed by atoms with Gasteiger partial charge in [-0.25, -0.2) is 0 Å². The lowest BCUT2D eigenvalue weighted by Crippen LogP contribution is -2.52. The van der Waals surface area contributed by atoms with Crippen molar-refractivity contribution in [3.8, 4) is 0 Å². The van der Waals surface area contributed by atoms with Crippen molar-refractivity contribution < 1.29 is 4.79 Å². The Balaban J connectivity index is 0.00000272. The fourth-order valence-corrected chi connectivity index (χ4v) is 4.73.